The Bertz CT molecular complexity index is 656. The zero-order chi connectivity index (χ0) is 17.4. The van der Waals surface area contributed by atoms with E-state index in [-0.39, 0.29) is 11.8 Å². The molecule has 0 aliphatic heterocycles. The summed E-state index contributed by atoms with van der Waals surface area (Å²) in [5.74, 6) is -0.261. The van der Waals surface area contributed by atoms with Crippen LogP contribution in [0.4, 0.5) is 0 Å². The number of benzene rings is 2. The van der Waals surface area contributed by atoms with Crippen molar-refractivity contribution in [3.05, 3.63) is 71.8 Å². The van der Waals surface area contributed by atoms with E-state index in [0.717, 1.165) is 12.0 Å². The number of nitrogens with one attached hydrogen (secondary N) is 1. The zero-order valence-corrected chi connectivity index (χ0v) is 14.2. The number of carbonyl (C=O) groups excluding carboxylic acids is 2. The summed E-state index contributed by atoms with van der Waals surface area (Å²) in [6.07, 6.45) is 0.784. The van der Waals surface area contributed by atoms with Gasteiger partial charge in [0.05, 0.1) is 0 Å². The second-order valence-corrected chi connectivity index (χ2v) is 5.90. The van der Waals surface area contributed by atoms with Gasteiger partial charge in [-0.1, -0.05) is 60.7 Å². The van der Waals surface area contributed by atoms with Crippen LogP contribution in [0.25, 0.3) is 0 Å². The minimum absolute atomic E-state index is 0.0648. The Kier molecular flexibility index (Phi) is 6.55. The quantitative estimate of drug-likeness (QED) is 0.851. The molecule has 0 spiro atoms. The van der Waals surface area contributed by atoms with Gasteiger partial charge < -0.3 is 10.2 Å². The smallest absolute Gasteiger partial charge is 0.245 e. The summed E-state index contributed by atoms with van der Waals surface area (Å²) < 4.78 is 0. The van der Waals surface area contributed by atoms with E-state index in [1.165, 1.54) is 12.5 Å². The van der Waals surface area contributed by atoms with E-state index in [0.29, 0.717) is 13.1 Å². The van der Waals surface area contributed by atoms with Crippen LogP contribution in [0.2, 0.25) is 0 Å². The molecule has 0 heterocycles. The molecule has 0 aromatic heterocycles. The van der Waals surface area contributed by atoms with Crippen LogP contribution in [0, 0.1) is 0 Å². The van der Waals surface area contributed by atoms with Crippen LogP contribution in [-0.2, 0) is 22.6 Å². The summed E-state index contributed by atoms with van der Waals surface area (Å²) in [6, 6.07) is 19.5. The molecule has 0 fully saturated rings. The van der Waals surface area contributed by atoms with Gasteiger partial charge in [-0.05, 0) is 24.5 Å². The maximum atomic E-state index is 12.7. The van der Waals surface area contributed by atoms with Crippen molar-refractivity contribution in [3.8, 4) is 0 Å². The van der Waals surface area contributed by atoms with Gasteiger partial charge in [0.1, 0.15) is 6.04 Å². The summed E-state index contributed by atoms with van der Waals surface area (Å²) in [5, 5.41) is 2.68. The van der Waals surface area contributed by atoms with Crippen LogP contribution in [0.15, 0.2) is 60.7 Å². The fourth-order valence-corrected chi connectivity index (χ4v) is 2.62. The molecule has 126 valence electrons. The minimum Gasteiger partial charge on any atom is -0.345 e. The molecule has 1 unspecified atom stereocenters. The number of hydrogen-bond acceptors (Lipinski definition) is 2. The lowest BCUT2D eigenvalue weighted by Gasteiger charge is -2.26. The van der Waals surface area contributed by atoms with E-state index in [9.17, 15) is 9.59 Å². The first-order valence-electron chi connectivity index (χ1n) is 8.20. The molecule has 0 aliphatic rings. The molecule has 0 saturated carbocycles. The Hall–Kier alpha value is -2.62. The predicted octanol–water partition coefficient (Wildman–Crippen LogP) is 2.78. The van der Waals surface area contributed by atoms with Crippen LogP contribution in [0.5, 0.6) is 0 Å². The molecule has 2 aromatic rings. The van der Waals surface area contributed by atoms with Crippen LogP contribution in [0.1, 0.15) is 25.0 Å². The molecular formula is C20H24N2O2. The van der Waals surface area contributed by atoms with Crippen molar-refractivity contribution in [2.24, 2.45) is 0 Å². The molecule has 0 aliphatic carbocycles. The van der Waals surface area contributed by atoms with E-state index in [1.54, 1.807) is 6.92 Å². The van der Waals surface area contributed by atoms with Crippen molar-refractivity contribution in [2.75, 3.05) is 6.54 Å². The Morgan fingerprint density at radius 1 is 0.958 bits per heavy atom. The Morgan fingerprint density at radius 2 is 1.50 bits per heavy atom. The molecule has 2 amide bonds. The van der Waals surface area contributed by atoms with Crippen LogP contribution >= 0.6 is 0 Å². The highest BCUT2D eigenvalue weighted by molar-refractivity contribution is 5.86. The second-order valence-electron chi connectivity index (χ2n) is 5.90. The first kappa shape index (κ1) is 17.7. The highest BCUT2D eigenvalue weighted by Crippen LogP contribution is 2.09. The van der Waals surface area contributed by atoms with E-state index < -0.39 is 6.04 Å². The lowest BCUT2D eigenvalue weighted by atomic mass is 10.1. The van der Waals surface area contributed by atoms with Gasteiger partial charge in [-0.3, -0.25) is 9.59 Å². The third-order valence-electron chi connectivity index (χ3n) is 3.83. The van der Waals surface area contributed by atoms with Gasteiger partial charge in [0.15, 0.2) is 0 Å². The third kappa shape index (κ3) is 5.54. The molecule has 4 heteroatoms. The van der Waals surface area contributed by atoms with Gasteiger partial charge in [0.25, 0.3) is 0 Å². The maximum absolute atomic E-state index is 12.7. The minimum atomic E-state index is -0.526. The molecule has 1 N–H and O–H groups in total. The Balaban J connectivity index is 2.08. The van der Waals surface area contributed by atoms with Crippen LogP contribution < -0.4 is 5.32 Å². The van der Waals surface area contributed by atoms with E-state index >= 15 is 0 Å². The normalized spacial score (nSPS) is 11.6. The summed E-state index contributed by atoms with van der Waals surface area (Å²) >= 11 is 0. The van der Waals surface area contributed by atoms with Gasteiger partial charge in [-0.2, -0.15) is 0 Å². The van der Waals surface area contributed by atoms with Crippen molar-refractivity contribution in [2.45, 2.75) is 32.9 Å². The van der Waals surface area contributed by atoms with Crippen molar-refractivity contribution < 1.29 is 9.59 Å². The highest BCUT2D eigenvalue weighted by Gasteiger charge is 2.21. The molecule has 0 saturated heterocycles. The molecule has 0 radical (unpaired) electrons. The zero-order valence-electron chi connectivity index (χ0n) is 14.2. The summed E-state index contributed by atoms with van der Waals surface area (Å²) in [6.45, 7) is 4.30. The van der Waals surface area contributed by atoms with Gasteiger partial charge in [-0.15, -0.1) is 0 Å². The van der Waals surface area contributed by atoms with Crippen molar-refractivity contribution in [1.29, 1.82) is 0 Å². The number of hydrogen-bond donors (Lipinski definition) is 1. The summed E-state index contributed by atoms with van der Waals surface area (Å²) in [7, 11) is 0. The molecule has 2 rings (SSSR count). The first-order valence-corrected chi connectivity index (χ1v) is 8.20. The van der Waals surface area contributed by atoms with Gasteiger partial charge >= 0.3 is 0 Å². The molecule has 2 aromatic carbocycles. The average molecular weight is 324 g/mol. The number of amides is 2. The van der Waals surface area contributed by atoms with Crippen molar-refractivity contribution in [1.82, 2.24) is 10.2 Å². The average Bonchev–Trinajstić information content (AvgIpc) is 2.59. The van der Waals surface area contributed by atoms with Gasteiger partial charge in [0.2, 0.25) is 11.8 Å². The predicted molar refractivity (Wildman–Crippen MR) is 95.3 cm³/mol. The molecule has 0 bridgehead atoms. The van der Waals surface area contributed by atoms with E-state index in [2.05, 4.69) is 17.4 Å². The molecule has 24 heavy (non-hydrogen) atoms. The SMILES string of the molecule is CC(=O)NC(C)C(=O)N(CCc1ccccc1)Cc1ccccc1. The second kappa shape index (κ2) is 8.87. The monoisotopic (exact) mass is 324 g/mol. The van der Waals surface area contributed by atoms with Crippen molar-refractivity contribution >= 4 is 11.8 Å². The summed E-state index contributed by atoms with van der Waals surface area (Å²) in [5.41, 5.74) is 2.27. The Labute approximate surface area is 143 Å². The lowest BCUT2D eigenvalue weighted by Crippen LogP contribution is -2.46. The van der Waals surface area contributed by atoms with Crippen LogP contribution in [0.3, 0.4) is 0 Å². The lowest BCUT2D eigenvalue weighted by molar-refractivity contribution is -0.136. The van der Waals surface area contributed by atoms with Crippen molar-refractivity contribution in [3.63, 3.8) is 0 Å². The van der Waals surface area contributed by atoms with E-state index in [1.807, 2.05) is 53.4 Å². The first-order chi connectivity index (χ1) is 11.6. The van der Waals surface area contributed by atoms with E-state index in [4.69, 9.17) is 0 Å². The maximum Gasteiger partial charge on any atom is 0.245 e. The largest absolute Gasteiger partial charge is 0.345 e. The van der Waals surface area contributed by atoms with Gasteiger partial charge in [-0.25, -0.2) is 0 Å². The molecule has 4 nitrogen and oxygen atoms in total. The fraction of sp³-hybridized carbons (Fsp3) is 0.300. The topological polar surface area (TPSA) is 49.4 Å². The number of carbonyl (C=O) groups is 2. The summed E-state index contributed by atoms with van der Waals surface area (Å²) in [4.78, 5) is 25.8. The Morgan fingerprint density at radius 3 is 2.04 bits per heavy atom. The standard InChI is InChI=1S/C20H24N2O2/c1-16(21-17(2)23)20(24)22(15-19-11-7-4-8-12-19)14-13-18-9-5-3-6-10-18/h3-12,16H,13-15H2,1-2H3,(H,21,23). The fourth-order valence-electron chi connectivity index (χ4n) is 2.62. The number of rotatable bonds is 7. The van der Waals surface area contributed by atoms with Gasteiger partial charge in [0, 0.05) is 20.0 Å². The molecular weight excluding hydrogens is 300 g/mol. The third-order valence-corrected chi connectivity index (χ3v) is 3.83. The highest BCUT2D eigenvalue weighted by atomic mass is 16.2. The van der Waals surface area contributed by atoms with Crippen LogP contribution in [-0.4, -0.2) is 29.3 Å². The number of nitrogens with zero attached hydrogens (tertiary/aromatic N) is 1. The molecule has 1 atom stereocenters.